The lowest BCUT2D eigenvalue weighted by atomic mass is 9.87. The van der Waals surface area contributed by atoms with E-state index in [0.717, 1.165) is 31.6 Å². The highest BCUT2D eigenvalue weighted by atomic mass is 16.5. The Morgan fingerprint density at radius 1 is 1.50 bits per heavy atom. The van der Waals surface area contributed by atoms with Crippen molar-refractivity contribution < 1.29 is 9.53 Å². The summed E-state index contributed by atoms with van der Waals surface area (Å²) in [4.78, 5) is 14.6. The van der Waals surface area contributed by atoms with Crippen LogP contribution in [0.5, 0.6) is 0 Å². The first-order chi connectivity index (χ1) is 9.69. The van der Waals surface area contributed by atoms with Gasteiger partial charge in [-0.1, -0.05) is 0 Å². The van der Waals surface area contributed by atoms with E-state index in [1.165, 1.54) is 0 Å². The molecule has 2 aliphatic heterocycles. The van der Waals surface area contributed by atoms with Crippen LogP contribution in [0.4, 0.5) is 0 Å². The molecular weight excluding hydrogens is 256 g/mol. The molecule has 0 spiro atoms. The van der Waals surface area contributed by atoms with Gasteiger partial charge in [-0.25, -0.2) is 0 Å². The van der Waals surface area contributed by atoms with E-state index in [4.69, 9.17) is 10.5 Å². The normalized spacial score (nSPS) is 26.4. The molecule has 2 fully saturated rings. The Bertz CT molecular complexity index is 454. The Morgan fingerprint density at radius 2 is 2.30 bits per heavy atom. The Labute approximate surface area is 118 Å². The van der Waals surface area contributed by atoms with Crippen LogP contribution in [0.1, 0.15) is 37.3 Å². The van der Waals surface area contributed by atoms with Gasteiger partial charge in [0.05, 0.1) is 5.54 Å². The third-order valence-electron chi connectivity index (χ3n) is 4.48. The van der Waals surface area contributed by atoms with Gasteiger partial charge in [0, 0.05) is 44.1 Å². The van der Waals surface area contributed by atoms with Gasteiger partial charge in [-0.05, 0) is 31.7 Å². The Morgan fingerprint density at radius 3 is 3.00 bits per heavy atom. The molecule has 2 aliphatic rings. The van der Waals surface area contributed by atoms with Gasteiger partial charge in [0.1, 0.15) is 0 Å². The molecule has 1 atom stereocenters. The van der Waals surface area contributed by atoms with E-state index in [9.17, 15) is 4.79 Å². The van der Waals surface area contributed by atoms with Crippen molar-refractivity contribution in [2.75, 3.05) is 26.3 Å². The molecule has 1 unspecified atom stereocenters. The lowest BCUT2D eigenvalue weighted by Gasteiger charge is -2.40. The fourth-order valence-electron chi connectivity index (χ4n) is 3.17. The molecule has 6 nitrogen and oxygen atoms in total. The summed E-state index contributed by atoms with van der Waals surface area (Å²) in [6.45, 7) is 2.71. The molecule has 0 bridgehead atoms. The highest BCUT2D eigenvalue weighted by molar-refractivity contribution is 5.86. The molecule has 2 saturated heterocycles. The fourth-order valence-corrected chi connectivity index (χ4v) is 3.17. The molecule has 0 aliphatic carbocycles. The number of nitrogens with zero attached hydrogens (tertiary/aromatic N) is 2. The monoisotopic (exact) mass is 278 g/mol. The minimum atomic E-state index is -0.728. The number of amides is 1. The van der Waals surface area contributed by atoms with Gasteiger partial charge in [0.25, 0.3) is 0 Å². The summed E-state index contributed by atoms with van der Waals surface area (Å²) in [5.74, 6) is 0.434. The summed E-state index contributed by atoms with van der Waals surface area (Å²) in [5.41, 5.74) is 6.69. The number of nitrogens with two attached hydrogens (primary N) is 1. The minimum Gasteiger partial charge on any atom is -0.381 e. The molecule has 3 N–H and O–H groups in total. The van der Waals surface area contributed by atoms with Crippen LogP contribution >= 0.6 is 0 Å². The summed E-state index contributed by atoms with van der Waals surface area (Å²) in [6, 6.07) is 1.99. The summed E-state index contributed by atoms with van der Waals surface area (Å²) >= 11 is 0. The van der Waals surface area contributed by atoms with Crippen molar-refractivity contribution in [3.05, 3.63) is 18.0 Å². The summed E-state index contributed by atoms with van der Waals surface area (Å²) in [5, 5.41) is 7.02. The SMILES string of the molecule is NC1(C(=O)N2CCCC(c3ccn[nH]3)C2)CCOCC1. The summed E-state index contributed by atoms with van der Waals surface area (Å²) in [6.07, 6.45) is 5.11. The van der Waals surface area contributed by atoms with Gasteiger partial charge in [-0.3, -0.25) is 9.89 Å². The summed E-state index contributed by atoms with van der Waals surface area (Å²) in [7, 11) is 0. The smallest absolute Gasteiger partial charge is 0.242 e. The van der Waals surface area contributed by atoms with Gasteiger partial charge < -0.3 is 15.4 Å². The molecule has 6 heteroatoms. The number of rotatable bonds is 2. The quantitative estimate of drug-likeness (QED) is 0.830. The second kappa shape index (κ2) is 5.54. The van der Waals surface area contributed by atoms with Crippen LogP contribution in [0.15, 0.2) is 12.3 Å². The number of hydrogen-bond acceptors (Lipinski definition) is 4. The number of ether oxygens (including phenoxy) is 1. The zero-order chi connectivity index (χ0) is 14.0. The van der Waals surface area contributed by atoms with Crippen molar-refractivity contribution in [1.82, 2.24) is 15.1 Å². The zero-order valence-electron chi connectivity index (χ0n) is 11.7. The van der Waals surface area contributed by atoms with E-state index in [-0.39, 0.29) is 5.91 Å². The third-order valence-corrected chi connectivity index (χ3v) is 4.48. The first kappa shape index (κ1) is 13.6. The van der Waals surface area contributed by atoms with Gasteiger partial charge in [0.15, 0.2) is 0 Å². The lowest BCUT2D eigenvalue weighted by Crippen LogP contribution is -2.59. The number of hydrogen-bond donors (Lipinski definition) is 2. The number of carbonyl (C=O) groups is 1. The van der Waals surface area contributed by atoms with E-state index in [2.05, 4.69) is 10.2 Å². The van der Waals surface area contributed by atoms with Crippen molar-refractivity contribution in [1.29, 1.82) is 0 Å². The summed E-state index contributed by atoms with van der Waals surface area (Å²) < 4.78 is 5.32. The Kier molecular flexibility index (Phi) is 3.76. The van der Waals surface area contributed by atoms with E-state index in [1.54, 1.807) is 6.20 Å². The molecule has 0 aromatic carbocycles. The third kappa shape index (κ3) is 2.58. The highest BCUT2D eigenvalue weighted by Crippen LogP contribution is 2.28. The molecule has 0 radical (unpaired) electrons. The molecule has 1 amide bonds. The standard InChI is InChI=1S/C14H22N4O2/c15-14(4-8-20-9-5-14)13(19)18-7-1-2-11(10-18)12-3-6-16-17-12/h3,6,11H,1-2,4-5,7-10,15H2,(H,16,17). The molecule has 3 heterocycles. The maximum atomic E-state index is 12.7. The predicted octanol–water partition coefficient (Wildman–Crippen LogP) is 0.624. The average molecular weight is 278 g/mol. The van der Waals surface area contributed by atoms with E-state index < -0.39 is 5.54 Å². The molecule has 3 rings (SSSR count). The molecule has 1 aromatic rings. The molecular formula is C14H22N4O2. The van der Waals surface area contributed by atoms with E-state index in [0.29, 0.717) is 32.0 Å². The number of nitrogens with one attached hydrogen (secondary N) is 1. The van der Waals surface area contributed by atoms with Crippen LogP contribution in [0.25, 0.3) is 0 Å². The first-order valence-corrected chi connectivity index (χ1v) is 7.34. The van der Waals surface area contributed by atoms with Crippen molar-refractivity contribution in [3.63, 3.8) is 0 Å². The van der Waals surface area contributed by atoms with Crippen molar-refractivity contribution in [2.45, 2.75) is 37.1 Å². The number of aromatic nitrogens is 2. The van der Waals surface area contributed by atoms with Crippen LogP contribution in [0.2, 0.25) is 0 Å². The van der Waals surface area contributed by atoms with E-state index >= 15 is 0 Å². The van der Waals surface area contributed by atoms with Crippen molar-refractivity contribution in [3.8, 4) is 0 Å². The van der Waals surface area contributed by atoms with Crippen LogP contribution in [-0.2, 0) is 9.53 Å². The number of piperidine rings is 1. The van der Waals surface area contributed by atoms with Gasteiger partial charge in [-0.15, -0.1) is 0 Å². The molecule has 0 saturated carbocycles. The molecule has 20 heavy (non-hydrogen) atoms. The van der Waals surface area contributed by atoms with Gasteiger partial charge in [0.2, 0.25) is 5.91 Å². The maximum Gasteiger partial charge on any atom is 0.242 e. The number of H-pyrrole nitrogens is 1. The second-order valence-corrected chi connectivity index (χ2v) is 5.87. The Balaban J connectivity index is 1.68. The second-order valence-electron chi connectivity index (χ2n) is 5.87. The highest BCUT2D eigenvalue weighted by Gasteiger charge is 2.40. The number of likely N-dealkylation sites (tertiary alicyclic amines) is 1. The van der Waals surface area contributed by atoms with Crippen LogP contribution in [0, 0.1) is 0 Å². The first-order valence-electron chi connectivity index (χ1n) is 7.34. The average Bonchev–Trinajstić information content (AvgIpc) is 3.02. The lowest BCUT2D eigenvalue weighted by molar-refractivity contribution is -0.141. The van der Waals surface area contributed by atoms with Crippen LogP contribution < -0.4 is 5.73 Å². The number of carbonyl (C=O) groups excluding carboxylic acids is 1. The topological polar surface area (TPSA) is 84.2 Å². The zero-order valence-corrected chi connectivity index (χ0v) is 11.7. The Hall–Kier alpha value is -1.40. The predicted molar refractivity (Wildman–Crippen MR) is 74.1 cm³/mol. The largest absolute Gasteiger partial charge is 0.381 e. The minimum absolute atomic E-state index is 0.0880. The van der Waals surface area contributed by atoms with E-state index in [1.807, 2.05) is 11.0 Å². The van der Waals surface area contributed by atoms with Crippen LogP contribution in [0.3, 0.4) is 0 Å². The van der Waals surface area contributed by atoms with Crippen molar-refractivity contribution >= 4 is 5.91 Å². The van der Waals surface area contributed by atoms with Crippen LogP contribution in [-0.4, -0.2) is 52.8 Å². The molecule has 1 aromatic heterocycles. The molecule has 110 valence electrons. The fraction of sp³-hybridized carbons (Fsp3) is 0.714. The van der Waals surface area contributed by atoms with Gasteiger partial charge in [-0.2, -0.15) is 5.10 Å². The maximum absolute atomic E-state index is 12.7. The van der Waals surface area contributed by atoms with Crippen molar-refractivity contribution in [2.24, 2.45) is 5.73 Å². The van der Waals surface area contributed by atoms with Gasteiger partial charge >= 0.3 is 0 Å². The number of aromatic amines is 1.